The molecule has 0 saturated carbocycles. The molecule has 16 heavy (non-hydrogen) atoms. The van der Waals surface area contributed by atoms with Crippen LogP contribution in [0.5, 0.6) is 0 Å². The molecule has 0 saturated heterocycles. The molecule has 0 aromatic carbocycles. The van der Waals surface area contributed by atoms with Crippen LogP contribution in [0.3, 0.4) is 0 Å². The van der Waals surface area contributed by atoms with E-state index in [1.54, 1.807) is 6.20 Å². The van der Waals surface area contributed by atoms with Crippen LogP contribution in [0.15, 0.2) is 18.3 Å². The maximum Gasteiger partial charge on any atom is 0.136 e. The van der Waals surface area contributed by atoms with E-state index in [2.05, 4.69) is 22.7 Å². The molecule has 1 aromatic rings. The molecule has 4 nitrogen and oxygen atoms in total. The van der Waals surface area contributed by atoms with Crippen molar-refractivity contribution in [2.75, 3.05) is 18.5 Å². The fraction of sp³-hybridized carbons (Fsp3) is 0.333. The van der Waals surface area contributed by atoms with E-state index in [0.29, 0.717) is 0 Å². The van der Waals surface area contributed by atoms with Crippen LogP contribution in [0, 0.1) is 5.41 Å². The predicted molar refractivity (Wildman–Crippen MR) is 69.0 cm³/mol. The normalized spacial score (nSPS) is 12.0. The highest BCUT2D eigenvalue weighted by molar-refractivity contribution is 5.70. The van der Waals surface area contributed by atoms with Gasteiger partial charge in [0.05, 0.1) is 6.61 Å². The van der Waals surface area contributed by atoms with Crippen molar-refractivity contribution in [1.29, 1.82) is 5.41 Å². The third-order valence-electron chi connectivity index (χ3n) is 2.26. The highest BCUT2D eigenvalue weighted by Gasteiger charge is 2.12. The van der Waals surface area contributed by atoms with Gasteiger partial charge < -0.3 is 15.4 Å². The Balaban J connectivity index is 0.000000711. The molecule has 0 spiro atoms. The van der Waals surface area contributed by atoms with E-state index in [1.165, 1.54) is 0 Å². The number of anilines is 1. The van der Waals surface area contributed by atoms with Gasteiger partial charge in [0.1, 0.15) is 5.82 Å². The molecule has 4 heteroatoms. The molecule has 0 amide bonds. The SMILES string of the molecule is C.C=N.CN1CC=Cc2c(CO)ccnc21. The second kappa shape index (κ2) is 6.74. The average molecular weight is 221 g/mol. The number of nitrogens with zero attached hydrogens (tertiary/aromatic N) is 2. The molecule has 1 aliphatic heterocycles. The van der Waals surface area contributed by atoms with Crippen LogP contribution in [-0.2, 0) is 6.61 Å². The summed E-state index contributed by atoms with van der Waals surface area (Å²) in [7, 11) is 2.00. The number of hydrogen-bond donors (Lipinski definition) is 2. The summed E-state index contributed by atoms with van der Waals surface area (Å²) in [5.74, 6) is 0.953. The largest absolute Gasteiger partial charge is 0.392 e. The Hall–Kier alpha value is -1.68. The molecule has 0 atom stereocenters. The number of aliphatic hydroxyl groups is 1. The van der Waals surface area contributed by atoms with Gasteiger partial charge in [-0.15, -0.1) is 0 Å². The van der Waals surface area contributed by atoms with Crippen molar-refractivity contribution in [3.63, 3.8) is 0 Å². The lowest BCUT2D eigenvalue weighted by atomic mass is 10.1. The Bertz CT molecular complexity index is 363. The summed E-state index contributed by atoms with van der Waals surface area (Å²) in [6.45, 7) is 3.46. The average Bonchev–Trinajstić information content (AvgIpc) is 2.32. The minimum atomic E-state index is 0. The van der Waals surface area contributed by atoms with E-state index in [0.717, 1.165) is 23.5 Å². The van der Waals surface area contributed by atoms with Gasteiger partial charge >= 0.3 is 0 Å². The molecule has 0 aliphatic carbocycles. The minimum absolute atomic E-state index is 0. The zero-order valence-electron chi connectivity index (χ0n) is 8.77. The number of aliphatic hydroxyl groups excluding tert-OH is 1. The molecule has 1 aromatic heterocycles. The smallest absolute Gasteiger partial charge is 0.136 e. The van der Waals surface area contributed by atoms with Gasteiger partial charge in [-0.1, -0.05) is 19.6 Å². The molecular formula is C12H19N3O. The van der Waals surface area contributed by atoms with Crippen molar-refractivity contribution >= 4 is 18.6 Å². The quantitative estimate of drug-likeness (QED) is 0.712. The molecule has 0 bridgehead atoms. The van der Waals surface area contributed by atoms with E-state index in [9.17, 15) is 0 Å². The molecule has 0 fully saturated rings. The molecule has 2 rings (SSSR count). The standard InChI is InChI=1S/C10H12N2O.CH3N.CH4/c1-12-6-2-3-9-8(7-13)4-5-11-10(9)12;1-2;/h2-5,13H,6-7H2,1H3;2H,1H2;1H4. The first-order chi connectivity index (χ1) is 7.33. The van der Waals surface area contributed by atoms with E-state index < -0.39 is 0 Å². The van der Waals surface area contributed by atoms with Crippen molar-refractivity contribution in [3.8, 4) is 0 Å². The van der Waals surface area contributed by atoms with Crippen LogP contribution >= 0.6 is 0 Å². The minimum Gasteiger partial charge on any atom is -0.392 e. The van der Waals surface area contributed by atoms with E-state index in [-0.39, 0.29) is 14.0 Å². The van der Waals surface area contributed by atoms with Gasteiger partial charge in [0, 0.05) is 25.4 Å². The molecule has 2 heterocycles. The van der Waals surface area contributed by atoms with Crippen molar-refractivity contribution < 1.29 is 5.11 Å². The van der Waals surface area contributed by atoms with Gasteiger partial charge in [-0.3, -0.25) is 0 Å². The predicted octanol–water partition coefficient (Wildman–Crippen LogP) is 1.94. The first kappa shape index (κ1) is 14.3. The Labute approximate surface area is 96.8 Å². The van der Waals surface area contributed by atoms with E-state index in [1.807, 2.05) is 19.2 Å². The van der Waals surface area contributed by atoms with Crippen LogP contribution in [0.4, 0.5) is 5.82 Å². The first-order valence-electron chi connectivity index (χ1n) is 4.64. The van der Waals surface area contributed by atoms with Gasteiger partial charge in [-0.2, -0.15) is 0 Å². The van der Waals surface area contributed by atoms with Crippen molar-refractivity contribution in [2.24, 2.45) is 0 Å². The van der Waals surface area contributed by atoms with Crippen molar-refractivity contribution in [1.82, 2.24) is 4.98 Å². The Morgan fingerprint density at radius 2 is 2.25 bits per heavy atom. The van der Waals surface area contributed by atoms with Gasteiger partial charge in [-0.05, 0) is 18.3 Å². The van der Waals surface area contributed by atoms with Gasteiger partial charge in [0.15, 0.2) is 0 Å². The van der Waals surface area contributed by atoms with Crippen molar-refractivity contribution in [2.45, 2.75) is 14.0 Å². The number of nitrogens with one attached hydrogen (secondary N) is 1. The summed E-state index contributed by atoms with van der Waals surface area (Å²) in [4.78, 5) is 6.34. The molecule has 1 aliphatic rings. The van der Waals surface area contributed by atoms with Crippen LogP contribution in [0.25, 0.3) is 6.08 Å². The molecular weight excluding hydrogens is 202 g/mol. The summed E-state index contributed by atoms with van der Waals surface area (Å²) >= 11 is 0. The zero-order valence-corrected chi connectivity index (χ0v) is 8.77. The molecule has 0 unspecified atom stereocenters. The number of hydrogen-bond acceptors (Lipinski definition) is 4. The van der Waals surface area contributed by atoms with Crippen molar-refractivity contribution in [3.05, 3.63) is 29.5 Å². The summed E-state index contributed by atoms with van der Waals surface area (Å²) in [6, 6.07) is 1.85. The second-order valence-corrected chi connectivity index (χ2v) is 3.15. The Morgan fingerprint density at radius 1 is 1.56 bits per heavy atom. The van der Waals surface area contributed by atoms with E-state index in [4.69, 9.17) is 10.5 Å². The summed E-state index contributed by atoms with van der Waals surface area (Å²) in [5.41, 5.74) is 1.98. The lowest BCUT2D eigenvalue weighted by Gasteiger charge is -2.23. The Kier molecular flexibility index (Phi) is 6.03. The third-order valence-corrected chi connectivity index (χ3v) is 2.26. The van der Waals surface area contributed by atoms with E-state index >= 15 is 0 Å². The number of rotatable bonds is 1. The summed E-state index contributed by atoms with van der Waals surface area (Å²) in [6.07, 6.45) is 5.83. The fourth-order valence-electron chi connectivity index (χ4n) is 1.54. The molecule has 0 radical (unpaired) electrons. The lowest BCUT2D eigenvalue weighted by Crippen LogP contribution is -2.22. The third kappa shape index (κ3) is 2.67. The fourth-order valence-corrected chi connectivity index (χ4v) is 1.54. The highest BCUT2D eigenvalue weighted by Crippen LogP contribution is 2.24. The summed E-state index contributed by atoms with van der Waals surface area (Å²) in [5, 5.41) is 14.6. The highest BCUT2D eigenvalue weighted by atomic mass is 16.3. The lowest BCUT2D eigenvalue weighted by molar-refractivity contribution is 0.281. The van der Waals surface area contributed by atoms with Crippen LogP contribution in [0.2, 0.25) is 0 Å². The zero-order chi connectivity index (χ0) is 11.3. The first-order valence-corrected chi connectivity index (χ1v) is 4.64. The van der Waals surface area contributed by atoms with Crippen LogP contribution in [-0.4, -0.2) is 30.4 Å². The summed E-state index contributed by atoms with van der Waals surface area (Å²) < 4.78 is 0. The number of fused-ring (bicyclic) bond motifs is 1. The van der Waals surface area contributed by atoms with Gasteiger partial charge in [-0.25, -0.2) is 4.98 Å². The maximum absolute atomic E-state index is 9.10. The number of likely N-dealkylation sites (N-methyl/N-ethyl adjacent to an activating group) is 1. The molecule has 88 valence electrons. The van der Waals surface area contributed by atoms with Crippen LogP contribution in [0.1, 0.15) is 18.6 Å². The second-order valence-electron chi connectivity index (χ2n) is 3.15. The van der Waals surface area contributed by atoms with Gasteiger partial charge in [0.25, 0.3) is 0 Å². The monoisotopic (exact) mass is 221 g/mol. The number of aromatic nitrogens is 1. The van der Waals surface area contributed by atoms with Crippen LogP contribution < -0.4 is 4.90 Å². The van der Waals surface area contributed by atoms with Gasteiger partial charge in [0.2, 0.25) is 0 Å². The topological polar surface area (TPSA) is 60.2 Å². The molecule has 2 N–H and O–H groups in total. The maximum atomic E-state index is 9.10. The Morgan fingerprint density at radius 3 is 2.88 bits per heavy atom. The number of pyridine rings is 1.